The molecule has 218 valence electrons. The fraction of sp³-hybridized carbons (Fsp3) is 0.163. The van der Waals surface area contributed by atoms with Crippen molar-refractivity contribution in [1.82, 2.24) is 0 Å². The van der Waals surface area contributed by atoms with E-state index in [0.29, 0.717) is 0 Å². The highest BCUT2D eigenvalue weighted by Crippen LogP contribution is 2.45. The molecule has 0 aliphatic carbocycles. The summed E-state index contributed by atoms with van der Waals surface area (Å²) in [6, 6.07) is 60.1. The molecule has 0 amide bonds. The lowest BCUT2D eigenvalue weighted by atomic mass is 9.66. The van der Waals surface area contributed by atoms with E-state index in [0.717, 1.165) is 18.2 Å². The zero-order valence-corrected chi connectivity index (χ0v) is 26.8. The average Bonchev–Trinajstić information content (AvgIpc) is 3.11. The molecule has 6 rings (SSSR count). The van der Waals surface area contributed by atoms with E-state index in [2.05, 4.69) is 180 Å². The van der Waals surface area contributed by atoms with Gasteiger partial charge in [0.25, 0.3) is 0 Å². The van der Waals surface area contributed by atoms with E-state index >= 15 is 0 Å². The van der Waals surface area contributed by atoms with Crippen LogP contribution in [0, 0.1) is 0 Å². The fourth-order valence-electron chi connectivity index (χ4n) is 6.50. The molecule has 44 heavy (non-hydrogen) atoms. The molecular weight excluding hydrogens is 596 g/mol. The number of hydrogen-bond donors (Lipinski definition) is 0. The van der Waals surface area contributed by atoms with Crippen molar-refractivity contribution in [3.63, 3.8) is 0 Å². The molecule has 6 aromatic rings. The lowest BCUT2D eigenvalue weighted by molar-refractivity contribution is 0.508. The molecule has 0 unspecified atom stereocenters. The molecule has 6 aromatic carbocycles. The Hall–Kier alpha value is -4.20. The van der Waals surface area contributed by atoms with Gasteiger partial charge in [0.2, 0.25) is 0 Å². The van der Waals surface area contributed by atoms with Gasteiger partial charge < -0.3 is 0 Å². The molecule has 1 heteroatoms. The molecule has 0 nitrogen and oxygen atoms in total. The summed E-state index contributed by atoms with van der Waals surface area (Å²) in [5, 5.41) is 1.07. The molecule has 0 aliphatic rings. The van der Waals surface area contributed by atoms with Gasteiger partial charge in [-0.2, -0.15) is 0 Å². The Morgan fingerprint density at radius 1 is 0.318 bits per heavy atom. The van der Waals surface area contributed by atoms with Gasteiger partial charge in [-0.25, -0.2) is 0 Å². The van der Waals surface area contributed by atoms with Gasteiger partial charge in [-0.3, -0.25) is 0 Å². The maximum absolute atomic E-state index is 3.63. The summed E-state index contributed by atoms with van der Waals surface area (Å²) in [5.41, 5.74) is 11.3. The summed E-state index contributed by atoms with van der Waals surface area (Å²) in [7, 11) is 0. The second-order valence-electron chi connectivity index (χ2n) is 11.6. The standard InChI is InChI=1S/C43H39Br/c44-33-13-2-1-12-32-43(40-26-20-37(21-27-40)34-14-6-3-7-15-34,41-28-22-38(23-29-41)35-16-8-4-9-17-35)42-30-24-39(25-31-42)36-18-10-5-11-19-36/h3-11,14-31H,1-2,12-13,32-33H2. The molecule has 0 saturated carbocycles. The van der Waals surface area contributed by atoms with Gasteiger partial charge in [-0.05, 0) is 62.9 Å². The Morgan fingerprint density at radius 3 is 0.932 bits per heavy atom. The van der Waals surface area contributed by atoms with Crippen LogP contribution in [0.4, 0.5) is 0 Å². The highest BCUT2D eigenvalue weighted by Gasteiger charge is 2.36. The minimum Gasteiger partial charge on any atom is -0.0928 e. The molecule has 0 fully saturated rings. The maximum atomic E-state index is 3.63. The molecular formula is C43H39Br. The van der Waals surface area contributed by atoms with Crippen molar-refractivity contribution in [3.8, 4) is 33.4 Å². The highest BCUT2D eigenvalue weighted by molar-refractivity contribution is 9.09. The van der Waals surface area contributed by atoms with Crippen LogP contribution in [0.25, 0.3) is 33.4 Å². The van der Waals surface area contributed by atoms with Crippen molar-refractivity contribution in [1.29, 1.82) is 0 Å². The molecule has 0 saturated heterocycles. The second kappa shape index (κ2) is 14.5. The summed E-state index contributed by atoms with van der Waals surface area (Å²) >= 11 is 3.63. The molecule has 0 radical (unpaired) electrons. The van der Waals surface area contributed by atoms with Gasteiger partial charge >= 0.3 is 0 Å². The fourth-order valence-corrected chi connectivity index (χ4v) is 6.90. The average molecular weight is 636 g/mol. The van der Waals surface area contributed by atoms with Gasteiger partial charge in [0.1, 0.15) is 0 Å². The molecule has 0 bridgehead atoms. The summed E-state index contributed by atoms with van der Waals surface area (Å²) in [5.74, 6) is 0. The summed E-state index contributed by atoms with van der Waals surface area (Å²) < 4.78 is 0. The first kappa shape index (κ1) is 29.9. The third kappa shape index (κ3) is 6.64. The van der Waals surface area contributed by atoms with Crippen LogP contribution < -0.4 is 0 Å². The van der Waals surface area contributed by atoms with E-state index in [9.17, 15) is 0 Å². The SMILES string of the molecule is BrCCCCCCC(c1ccc(-c2ccccc2)cc1)(c1ccc(-c2ccccc2)cc1)c1ccc(-c2ccccc2)cc1. The van der Waals surface area contributed by atoms with Gasteiger partial charge in [-0.1, -0.05) is 199 Å². The van der Waals surface area contributed by atoms with E-state index in [-0.39, 0.29) is 5.41 Å². The van der Waals surface area contributed by atoms with Crippen LogP contribution in [-0.4, -0.2) is 5.33 Å². The molecule has 0 aliphatic heterocycles. The van der Waals surface area contributed by atoms with E-state index in [1.165, 1.54) is 69.3 Å². The summed E-state index contributed by atoms with van der Waals surface area (Å²) in [4.78, 5) is 0. The Morgan fingerprint density at radius 2 is 0.614 bits per heavy atom. The Kier molecular flexibility index (Phi) is 9.85. The monoisotopic (exact) mass is 634 g/mol. The molecule has 0 atom stereocenters. The Labute approximate surface area is 271 Å². The predicted octanol–water partition coefficient (Wildman–Crippen LogP) is 12.4. The van der Waals surface area contributed by atoms with Gasteiger partial charge in [0.15, 0.2) is 0 Å². The number of alkyl halides is 1. The van der Waals surface area contributed by atoms with E-state index in [1.54, 1.807) is 0 Å². The molecule has 0 aromatic heterocycles. The van der Waals surface area contributed by atoms with Crippen molar-refractivity contribution in [2.24, 2.45) is 0 Å². The van der Waals surface area contributed by atoms with Gasteiger partial charge in [0.05, 0.1) is 0 Å². The van der Waals surface area contributed by atoms with E-state index in [1.807, 2.05) is 0 Å². The normalized spacial score (nSPS) is 11.4. The number of rotatable bonds is 12. The van der Waals surface area contributed by atoms with Crippen LogP contribution in [0.1, 0.15) is 48.8 Å². The first-order chi connectivity index (χ1) is 21.8. The van der Waals surface area contributed by atoms with Crippen molar-refractivity contribution < 1.29 is 0 Å². The van der Waals surface area contributed by atoms with E-state index < -0.39 is 0 Å². The Bertz CT molecular complexity index is 1500. The van der Waals surface area contributed by atoms with Gasteiger partial charge in [-0.15, -0.1) is 0 Å². The van der Waals surface area contributed by atoms with Crippen molar-refractivity contribution >= 4 is 15.9 Å². The first-order valence-corrected chi connectivity index (χ1v) is 16.9. The summed E-state index contributed by atoms with van der Waals surface area (Å²) in [6.45, 7) is 0. The minimum absolute atomic E-state index is 0.270. The van der Waals surface area contributed by atoms with Crippen LogP contribution in [0.5, 0.6) is 0 Å². The van der Waals surface area contributed by atoms with Crippen molar-refractivity contribution in [2.45, 2.75) is 37.5 Å². The second-order valence-corrected chi connectivity index (χ2v) is 12.4. The van der Waals surface area contributed by atoms with Gasteiger partial charge in [0, 0.05) is 10.7 Å². The predicted molar refractivity (Wildman–Crippen MR) is 192 cm³/mol. The minimum atomic E-state index is -0.270. The zero-order valence-electron chi connectivity index (χ0n) is 25.2. The third-order valence-corrected chi connectivity index (χ3v) is 9.45. The van der Waals surface area contributed by atoms with Crippen LogP contribution in [0.2, 0.25) is 0 Å². The largest absolute Gasteiger partial charge is 0.0928 e. The molecule has 0 N–H and O–H groups in total. The lowest BCUT2D eigenvalue weighted by Gasteiger charge is -2.37. The number of hydrogen-bond acceptors (Lipinski definition) is 0. The van der Waals surface area contributed by atoms with Crippen molar-refractivity contribution in [3.05, 3.63) is 180 Å². The number of unbranched alkanes of at least 4 members (excludes halogenated alkanes) is 3. The van der Waals surface area contributed by atoms with Crippen molar-refractivity contribution in [2.75, 3.05) is 5.33 Å². The highest BCUT2D eigenvalue weighted by atomic mass is 79.9. The Balaban J connectivity index is 1.47. The number of benzene rings is 6. The number of halogens is 1. The van der Waals surface area contributed by atoms with Crippen LogP contribution in [0.3, 0.4) is 0 Å². The molecule has 0 spiro atoms. The first-order valence-electron chi connectivity index (χ1n) is 15.8. The third-order valence-electron chi connectivity index (χ3n) is 8.89. The van der Waals surface area contributed by atoms with Crippen LogP contribution in [-0.2, 0) is 5.41 Å². The maximum Gasteiger partial charge on any atom is 0.0451 e. The smallest absolute Gasteiger partial charge is 0.0451 e. The van der Waals surface area contributed by atoms with E-state index in [4.69, 9.17) is 0 Å². The summed E-state index contributed by atoms with van der Waals surface area (Å²) in [6.07, 6.45) is 5.90. The van der Waals surface area contributed by atoms with Crippen LogP contribution in [0.15, 0.2) is 164 Å². The molecule has 0 heterocycles. The lowest BCUT2D eigenvalue weighted by Crippen LogP contribution is -2.29. The topological polar surface area (TPSA) is 0 Å². The quantitative estimate of drug-likeness (QED) is 0.0713. The van der Waals surface area contributed by atoms with Crippen LogP contribution >= 0.6 is 15.9 Å². The zero-order chi connectivity index (χ0) is 30.0.